The lowest BCUT2D eigenvalue weighted by Gasteiger charge is -2.27. The van der Waals surface area contributed by atoms with Gasteiger partial charge in [-0.05, 0) is 60.8 Å². The first-order valence-electron chi connectivity index (χ1n) is 8.45. The highest BCUT2D eigenvalue weighted by Crippen LogP contribution is 2.08. The van der Waals surface area contributed by atoms with Crippen LogP contribution in [-0.4, -0.2) is 52.2 Å². The molecule has 5 N–H and O–H groups in total. The minimum Gasteiger partial charge on any atom is -0.480 e. The van der Waals surface area contributed by atoms with E-state index in [1.165, 1.54) is 0 Å². The summed E-state index contributed by atoms with van der Waals surface area (Å²) >= 11 is 0. The van der Waals surface area contributed by atoms with Crippen molar-refractivity contribution in [2.45, 2.75) is 78.0 Å². The number of hydrogen-bond acceptors (Lipinski definition) is 7. The Morgan fingerprint density at radius 3 is 1.73 bits per heavy atom. The summed E-state index contributed by atoms with van der Waals surface area (Å²) in [6.07, 6.45) is -0.225. The summed E-state index contributed by atoms with van der Waals surface area (Å²) in [5.74, 6) is -1.07. The molecule has 0 aliphatic rings. The second-order valence-electron chi connectivity index (χ2n) is 7.82. The number of aliphatic carboxylic acids is 1. The average molecular weight is 376 g/mol. The van der Waals surface area contributed by atoms with Gasteiger partial charge in [-0.1, -0.05) is 0 Å². The van der Waals surface area contributed by atoms with E-state index < -0.39 is 35.4 Å². The Kier molecular flexibility index (Phi) is 9.36. The number of carbonyl (C=O) groups is 3. The second kappa shape index (κ2) is 10.2. The highest BCUT2D eigenvalue weighted by Gasteiger charge is 2.22. The second-order valence-corrected chi connectivity index (χ2v) is 7.82. The fraction of sp³-hybridized carbons (Fsp3) is 0.812. The number of nitrogens with one attached hydrogen (secondary N) is 2. The maximum Gasteiger partial charge on any atom is 0.423 e. The number of nitrogens with two attached hydrogens (primary N) is 1. The third-order valence-electron chi connectivity index (χ3n) is 2.71. The number of carbonyl (C=O) groups excluding carboxylic acids is 2. The lowest BCUT2D eigenvalue weighted by molar-refractivity contribution is -0.138. The number of hydrazine groups is 2. The number of amides is 2. The molecule has 152 valence electrons. The van der Waals surface area contributed by atoms with Gasteiger partial charge < -0.3 is 20.3 Å². The van der Waals surface area contributed by atoms with Crippen LogP contribution in [0, 0.1) is 0 Å². The Morgan fingerprint density at radius 2 is 1.38 bits per heavy atom. The van der Waals surface area contributed by atoms with Crippen LogP contribution in [0.4, 0.5) is 9.59 Å². The topological polar surface area (TPSA) is 143 Å². The smallest absolute Gasteiger partial charge is 0.423 e. The molecule has 0 bridgehead atoms. The molecule has 0 radical (unpaired) electrons. The predicted octanol–water partition coefficient (Wildman–Crippen LogP) is 1.75. The first-order valence-corrected chi connectivity index (χ1v) is 8.45. The average Bonchev–Trinajstić information content (AvgIpc) is 2.38. The first kappa shape index (κ1) is 23.9. The molecular weight excluding hydrogens is 344 g/mol. The van der Waals surface area contributed by atoms with E-state index >= 15 is 0 Å². The highest BCUT2D eigenvalue weighted by molar-refractivity contribution is 5.73. The van der Waals surface area contributed by atoms with Crippen LogP contribution in [0.3, 0.4) is 0 Å². The van der Waals surface area contributed by atoms with E-state index in [1.54, 1.807) is 41.5 Å². The molecule has 0 aromatic heterocycles. The van der Waals surface area contributed by atoms with Gasteiger partial charge in [-0.2, -0.15) is 0 Å². The van der Waals surface area contributed by atoms with Crippen molar-refractivity contribution < 1.29 is 29.0 Å². The molecule has 0 rings (SSSR count). The largest absolute Gasteiger partial charge is 0.480 e. The van der Waals surface area contributed by atoms with Crippen LogP contribution in [0.25, 0.3) is 0 Å². The standard InChI is InChI=1S/C16H32N4O6/c1-15(2,3)25-13(23)18-20(19-14(24)26-16(4,5)6)10-8-7-9-11(17)12(21)22/h11H,7-10,17H2,1-6H3,(H,18,23)(H,19,24)(H,21,22)/t11-/m0/s1. The van der Waals surface area contributed by atoms with Crippen LogP contribution in [0.15, 0.2) is 0 Å². The Morgan fingerprint density at radius 1 is 0.962 bits per heavy atom. The summed E-state index contributed by atoms with van der Waals surface area (Å²) in [6, 6.07) is -0.943. The summed E-state index contributed by atoms with van der Waals surface area (Å²) in [7, 11) is 0. The van der Waals surface area contributed by atoms with Gasteiger partial charge in [0, 0.05) is 6.54 Å². The lowest BCUT2D eigenvalue weighted by Crippen LogP contribution is -2.55. The monoisotopic (exact) mass is 376 g/mol. The number of nitrogens with zero attached hydrogens (tertiary/aromatic N) is 1. The zero-order valence-electron chi connectivity index (χ0n) is 16.4. The van der Waals surface area contributed by atoms with Crippen molar-refractivity contribution in [3.63, 3.8) is 0 Å². The van der Waals surface area contributed by atoms with Gasteiger partial charge in [0.2, 0.25) is 0 Å². The maximum atomic E-state index is 11.9. The summed E-state index contributed by atoms with van der Waals surface area (Å²) < 4.78 is 10.3. The normalized spacial score (nSPS) is 13.1. The number of ether oxygens (including phenoxy) is 2. The molecule has 10 nitrogen and oxygen atoms in total. The lowest BCUT2D eigenvalue weighted by atomic mass is 10.1. The van der Waals surface area contributed by atoms with Crippen molar-refractivity contribution in [1.82, 2.24) is 16.0 Å². The van der Waals surface area contributed by atoms with E-state index in [1.807, 2.05) is 0 Å². The molecule has 0 aliphatic carbocycles. The third-order valence-corrected chi connectivity index (χ3v) is 2.71. The van der Waals surface area contributed by atoms with Crippen molar-refractivity contribution >= 4 is 18.2 Å². The SMILES string of the molecule is CC(C)(C)OC(=O)NN(CCCC[C@H](N)C(=O)O)NC(=O)OC(C)(C)C. The molecule has 0 aromatic carbocycles. The summed E-state index contributed by atoms with van der Waals surface area (Å²) in [6.45, 7) is 10.5. The van der Waals surface area contributed by atoms with Crippen LogP contribution in [0.1, 0.15) is 60.8 Å². The Bertz CT molecular complexity index is 454. The molecular formula is C16H32N4O6. The summed E-state index contributed by atoms with van der Waals surface area (Å²) in [4.78, 5) is 34.5. The minimum atomic E-state index is -1.07. The van der Waals surface area contributed by atoms with Crippen molar-refractivity contribution in [3.8, 4) is 0 Å². The summed E-state index contributed by atoms with van der Waals surface area (Å²) in [5.41, 5.74) is 8.87. The van der Waals surface area contributed by atoms with E-state index in [0.717, 1.165) is 5.12 Å². The van der Waals surface area contributed by atoms with Gasteiger partial charge in [-0.3, -0.25) is 4.79 Å². The number of rotatable bonds is 8. The molecule has 0 fully saturated rings. The van der Waals surface area contributed by atoms with Gasteiger partial charge >= 0.3 is 18.2 Å². The van der Waals surface area contributed by atoms with Gasteiger partial charge in [0.25, 0.3) is 0 Å². The van der Waals surface area contributed by atoms with E-state index in [2.05, 4.69) is 10.9 Å². The molecule has 2 amide bonds. The van der Waals surface area contributed by atoms with Gasteiger partial charge in [0.1, 0.15) is 17.2 Å². The maximum absolute atomic E-state index is 11.9. The number of hydrogen-bond donors (Lipinski definition) is 4. The van der Waals surface area contributed by atoms with E-state index in [0.29, 0.717) is 12.8 Å². The van der Waals surface area contributed by atoms with Crippen LogP contribution < -0.4 is 16.6 Å². The number of unbranched alkanes of at least 4 members (excludes halogenated alkanes) is 1. The van der Waals surface area contributed by atoms with E-state index in [9.17, 15) is 14.4 Å². The molecule has 0 saturated heterocycles. The molecule has 0 aromatic rings. The van der Waals surface area contributed by atoms with Gasteiger partial charge in [-0.15, -0.1) is 5.12 Å². The van der Waals surface area contributed by atoms with E-state index in [-0.39, 0.29) is 13.0 Å². The molecule has 0 saturated carbocycles. The molecule has 0 spiro atoms. The molecule has 0 unspecified atom stereocenters. The third kappa shape index (κ3) is 13.2. The Hall–Kier alpha value is -2.07. The van der Waals surface area contributed by atoms with E-state index in [4.69, 9.17) is 20.3 Å². The molecule has 0 heterocycles. The number of carboxylic acid groups (broad SMARTS) is 1. The minimum absolute atomic E-state index is 0.213. The van der Waals surface area contributed by atoms with Gasteiger partial charge in [-0.25, -0.2) is 20.4 Å². The summed E-state index contributed by atoms with van der Waals surface area (Å²) in [5, 5.41) is 9.91. The molecule has 10 heteroatoms. The van der Waals surface area contributed by atoms with Gasteiger partial charge in [0.15, 0.2) is 0 Å². The highest BCUT2D eigenvalue weighted by atomic mass is 16.6. The van der Waals surface area contributed by atoms with Crippen molar-refractivity contribution in [1.29, 1.82) is 0 Å². The van der Waals surface area contributed by atoms with Crippen LogP contribution in [0.2, 0.25) is 0 Å². The van der Waals surface area contributed by atoms with Gasteiger partial charge in [0.05, 0.1) is 0 Å². The fourth-order valence-corrected chi connectivity index (χ4v) is 1.72. The van der Waals surface area contributed by atoms with Crippen molar-refractivity contribution in [2.24, 2.45) is 5.73 Å². The Balaban J connectivity index is 4.65. The number of carboxylic acids is 1. The van der Waals surface area contributed by atoms with Crippen LogP contribution in [0.5, 0.6) is 0 Å². The van der Waals surface area contributed by atoms with Crippen molar-refractivity contribution in [3.05, 3.63) is 0 Å². The Labute approximate surface area is 154 Å². The van der Waals surface area contributed by atoms with Crippen LogP contribution >= 0.6 is 0 Å². The zero-order valence-corrected chi connectivity index (χ0v) is 16.4. The quantitative estimate of drug-likeness (QED) is 0.370. The predicted molar refractivity (Wildman–Crippen MR) is 94.9 cm³/mol. The molecule has 1 atom stereocenters. The first-order chi connectivity index (χ1) is 11.7. The fourth-order valence-electron chi connectivity index (χ4n) is 1.72. The molecule has 0 aliphatic heterocycles. The van der Waals surface area contributed by atoms with Crippen molar-refractivity contribution in [2.75, 3.05) is 6.54 Å². The zero-order chi connectivity index (χ0) is 20.5. The van der Waals surface area contributed by atoms with Crippen LogP contribution in [-0.2, 0) is 14.3 Å². The molecule has 26 heavy (non-hydrogen) atoms.